The van der Waals surface area contributed by atoms with E-state index in [0.717, 1.165) is 48.5 Å². The summed E-state index contributed by atoms with van der Waals surface area (Å²) < 4.78 is 11.0. The summed E-state index contributed by atoms with van der Waals surface area (Å²) in [4.78, 5) is 0. The number of benzene rings is 2. The van der Waals surface area contributed by atoms with Gasteiger partial charge in [0.1, 0.15) is 23.5 Å². The first-order valence-electron chi connectivity index (χ1n) is 11.8. The van der Waals surface area contributed by atoms with E-state index in [9.17, 15) is 0 Å². The number of hydrogen-bond donors (Lipinski definition) is 0. The maximum absolute atomic E-state index is 8.86. The number of nitriles is 2. The second-order valence-electron chi connectivity index (χ2n) is 8.00. The van der Waals surface area contributed by atoms with Gasteiger partial charge in [0.05, 0.1) is 19.5 Å². The minimum absolute atomic E-state index is 0.102. The molecule has 33 heavy (non-hydrogen) atoms. The average Bonchev–Trinajstić information content (AvgIpc) is 2.86. The fourth-order valence-corrected chi connectivity index (χ4v) is 3.57. The van der Waals surface area contributed by atoms with E-state index >= 15 is 0 Å². The van der Waals surface area contributed by atoms with Crippen molar-refractivity contribution >= 4 is 6.08 Å². The third-order valence-electron chi connectivity index (χ3n) is 5.44. The topological polar surface area (TPSA) is 66.0 Å². The van der Waals surface area contributed by atoms with E-state index in [0.29, 0.717) is 0 Å². The standard InChI is InChI=1S/C29H34N2O2/c1-2-32-20-10-8-6-4-3-5-7-9-11-21-33-29-18-16-28(17-19-29)27-14-12-25(13-15-27)22-26(23-30)24-31/h2,12-19,22H,1,3-11,20-21H2. The molecule has 0 amide bonds. The van der Waals surface area contributed by atoms with Crippen molar-refractivity contribution in [3.05, 3.63) is 72.5 Å². The predicted molar refractivity (Wildman–Crippen MR) is 134 cm³/mol. The second-order valence-corrected chi connectivity index (χ2v) is 8.00. The molecule has 172 valence electrons. The molecule has 0 aromatic heterocycles. The van der Waals surface area contributed by atoms with Gasteiger partial charge in [-0.1, -0.05) is 87.9 Å². The maximum Gasteiger partial charge on any atom is 0.130 e. The molecule has 0 bridgehead atoms. The van der Waals surface area contributed by atoms with Gasteiger partial charge in [-0.3, -0.25) is 0 Å². The molecule has 0 spiro atoms. The lowest BCUT2D eigenvalue weighted by atomic mass is 10.0. The highest BCUT2D eigenvalue weighted by molar-refractivity contribution is 5.68. The zero-order valence-electron chi connectivity index (χ0n) is 19.5. The Balaban J connectivity index is 1.60. The van der Waals surface area contributed by atoms with Crippen molar-refractivity contribution in [2.45, 2.75) is 57.8 Å². The Hall–Kier alpha value is -3.50. The molecular formula is C29H34N2O2. The van der Waals surface area contributed by atoms with Crippen LogP contribution in [-0.2, 0) is 4.74 Å². The largest absolute Gasteiger partial charge is 0.502 e. The number of rotatable bonds is 16. The maximum atomic E-state index is 8.86. The summed E-state index contributed by atoms with van der Waals surface area (Å²) in [5.74, 6) is 0.895. The lowest BCUT2D eigenvalue weighted by molar-refractivity contribution is 0.241. The Morgan fingerprint density at radius 3 is 1.70 bits per heavy atom. The van der Waals surface area contributed by atoms with Crippen molar-refractivity contribution in [2.24, 2.45) is 0 Å². The highest BCUT2D eigenvalue weighted by atomic mass is 16.5. The van der Waals surface area contributed by atoms with E-state index in [4.69, 9.17) is 20.0 Å². The van der Waals surface area contributed by atoms with Crippen molar-refractivity contribution in [3.8, 4) is 29.0 Å². The number of unbranched alkanes of at least 4 members (excludes halogenated alkanes) is 8. The Morgan fingerprint density at radius 2 is 1.18 bits per heavy atom. The molecule has 0 unspecified atom stereocenters. The van der Waals surface area contributed by atoms with Crippen molar-refractivity contribution < 1.29 is 9.47 Å². The molecule has 0 atom stereocenters. The minimum Gasteiger partial charge on any atom is -0.502 e. The number of nitrogens with zero attached hydrogens (tertiary/aromatic N) is 2. The van der Waals surface area contributed by atoms with Crippen LogP contribution < -0.4 is 4.74 Å². The molecule has 2 rings (SSSR count). The Kier molecular flexibility index (Phi) is 12.6. The molecule has 0 aliphatic heterocycles. The summed E-state index contributed by atoms with van der Waals surface area (Å²) in [6.45, 7) is 5.10. The molecule has 0 radical (unpaired) electrons. The van der Waals surface area contributed by atoms with Gasteiger partial charge in [-0.2, -0.15) is 10.5 Å². The summed E-state index contributed by atoms with van der Waals surface area (Å²) in [6.07, 6.45) is 14.3. The molecule has 0 saturated heterocycles. The predicted octanol–water partition coefficient (Wildman–Crippen LogP) is 7.83. The SMILES string of the molecule is C=COCCCCCCCCCCCOc1ccc(-c2ccc(C=C(C#N)C#N)cc2)cc1. The normalized spacial score (nSPS) is 10.0. The van der Waals surface area contributed by atoms with Crippen LogP contribution in [0.5, 0.6) is 5.75 Å². The lowest BCUT2D eigenvalue weighted by Gasteiger charge is -2.08. The van der Waals surface area contributed by atoms with Crippen LogP contribution in [0.1, 0.15) is 63.4 Å². The quantitative estimate of drug-likeness (QED) is 0.151. The number of ether oxygens (including phenoxy) is 2. The van der Waals surface area contributed by atoms with Gasteiger partial charge < -0.3 is 9.47 Å². The first-order valence-corrected chi connectivity index (χ1v) is 11.8. The van der Waals surface area contributed by atoms with Crippen LogP contribution in [0, 0.1) is 22.7 Å². The molecule has 0 heterocycles. The smallest absolute Gasteiger partial charge is 0.130 e. The van der Waals surface area contributed by atoms with Crippen LogP contribution in [0.15, 0.2) is 66.9 Å². The van der Waals surface area contributed by atoms with Gasteiger partial charge in [0.25, 0.3) is 0 Å². The molecule has 2 aromatic rings. The first kappa shape index (κ1) is 25.8. The fraction of sp³-hybridized carbons (Fsp3) is 0.379. The van der Waals surface area contributed by atoms with Crippen molar-refractivity contribution in [1.29, 1.82) is 10.5 Å². The van der Waals surface area contributed by atoms with Gasteiger partial charge in [-0.15, -0.1) is 0 Å². The van der Waals surface area contributed by atoms with Gasteiger partial charge >= 0.3 is 0 Å². The van der Waals surface area contributed by atoms with E-state index in [-0.39, 0.29) is 5.57 Å². The Labute approximate surface area is 198 Å². The van der Waals surface area contributed by atoms with Crippen molar-refractivity contribution in [2.75, 3.05) is 13.2 Å². The van der Waals surface area contributed by atoms with Crippen LogP contribution in [0.25, 0.3) is 17.2 Å². The summed E-state index contributed by atoms with van der Waals surface area (Å²) in [5, 5.41) is 17.7. The Morgan fingerprint density at radius 1 is 0.697 bits per heavy atom. The van der Waals surface area contributed by atoms with Crippen LogP contribution in [0.3, 0.4) is 0 Å². The lowest BCUT2D eigenvalue weighted by Crippen LogP contribution is -1.97. The van der Waals surface area contributed by atoms with E-state index in [2.05, 4.69) is 18.7 Å². The number of hydrogen-bond acceptors (Lipinski definition) is 4. The highest BCUT2D eigenvalue weighted by Crippen LogP contribution is 2.23. The zero-order valence-corrected chi connectivity index (χ0v) is 19.5. The average molecular weight is 443 g/mol. The summed E-state index contributed by atoms with van der Waals surface area (Å²) >= 11 is 0. The Bertz CT molecular complexity index is 916. The summed E-state index contributed by atoms with van der Waals surface area (Å²) in [6, 6.07) is 19.7. The number of allylic oxidation sites excluding steroid dienone is 1. The van der Waals surface area contributed by atoms with E-state index in [1.165, 1.54) is 51.2 Å². The van der Waals surface area contributed by atoms with E-state index < -0.39 is 0 Å². The van der Waals surface area contributed by atoms with Crippen LogP contribution in [0.2, 0.25) is 0 Å². The molecule has 2 aromatic carbocycles. The molecule has 0 fully saturated rings. The third kappa shape index (κ3) is 10.6. The van der Waals surface area contributed by atoms with Crippen molar-refractivity contribution in [3.63, 3.8) is 0 Å². The van der Waals surface area contributed by atoms with Crippen LogP contribution >= 0.6 is 0 Å². The zero-order chi connectivity index (χ0) is 23.6. The molecule has 0 saturated carbocycles. The highest BCUT2D eigenvalue weighted by Gasteiger charge is 2.01. The molecule has 0 aliphatic rings. The van der Waals surface area contributed by atoms with Crippen LogP contribution in [-0.4, -0.2) is 13.2 Å². The molecular weight excluding hydrogens is 408 g/mol. The van der Waals surface area contributed by atoms with Gasteiger partial charge in [0, 0.05) is 0 Å². The van der Waals surface area contributed by atoms with Crippen LogP contribution in [0.4, 0.5) is 0 Å². The molecule has 4 heteroatoms. The summed E-state index contributed by atoms with van der Waals surface area (Å²) in [5.41, 5.74) is 3.13. The van der Waals surface area contributed by atoms with Gasteiger partial charge in [0.2, 0.25) is 0 Å². The van der Waals surface area contributed by atoms with Gasteiger partial charge in [0.15, 0.2) is 0 Å². The minimum atomic E-state index is 0.102. The molecule has 0 N–H and O–H groups in total. The fourth-order valence-electron chi connectivity index (χ4n) is 3.57. The second kappa shape index (κ2) is 16.2. The third-order valence-corrected chi connectivity index (χ3v) is 5.44. The first-order chi connectivity index (χ1) is 16.3. The summed E-state index contributed by atoms with van der Waals surface area (Å²) in [7, 11) is 0. The van der Waals surface area contributed by atoms with Gasteiger partial charge in [-0.05, 0) is 47.7 Å². The van der Waals surface area contributed by atoms with E-state index in [1.807, 2.05) is 48.5 Å². The monoisotopic (exact) mass is 442 g/mol. The van der Waals surface area contributed by atoms with Gasteiger partial charge in [-0.25, -0.2) is 0 Å². The molecule has 4 nitrogen and oxygen atoms in total. The van der Waals surface area contributed by atoms with Crippen molar-refractivity contribution in [1.82, 2.24) is 0 Å². The van der Waals surface area contributed by atoms with E-state index in [1.54, 1.807) is 6.08 Å². The molecule has 0 aliphatic carbocycles.